The van der Waals surface area contributed by atoms with Crippen LogP contribution in [0.2, 0.25) is 0 Å². The second-order valence-corrected chi connectivity index (χ2v) is 6.68. The van der Waals surface area contributed by atoms with E-state index in [4.69, 9.17) is 9.52 Å². The van der Waals surface area contributed by atoms with Crippen LogP contribution in [0.15, 0.2) is 16.5 Å². The van der Waals surface area contributed by atoms with Gasteiger partial charge in [-0.3, -0.25) is 4.79 Å². The standard InChI is InChI=1S/C11H13NO6S/c13-10(8-1-2-9(18-8)11(14)15)12-5-7-3-4-19(16,17)6-7/h1-2,7H,3-6H2,(H,12,13)(H,14,15). The third kappa shape index (κ3) is 3.34. The third-order valence-corrected chi connectivity index (χ3v) is 4.76. The van der Waals surface area contributed by atoms with E-state index >= 15 is 0 Å². The number of amides is 1. The molecule has 1 atom stereocenters. The van der Waals surface area contributed by atoms with E-state index in [-0.39, 0.29) is 35.5 Å². The van der Waals surface area contributed by atoms with Crippen LogP contribution in [0.4, 0.5) is 0 Å². The maximum atomic E-state index is 11.7. The van der Waals surface area contributed by atoms with Gasteiger partial charge < -0.3 is 14.8 Å². The fraction of sp³-hybridized carbons (Fsp3) is 0.455. The van der Waals surface area contributed by atoms with Crippen molar-refractivity contribution in [2.45, 2.75) is 6.42 Å². The molecule has 0 spiro atoms. The van der Waals surface area contributed by atoms with Crippen LogP contribution in [-0.4, -0.2) is 43.5 Å². The number of carbonyl (C=O) groups excluding carboxylic acids is 1. The summed E-state index contributed by atoms with van der Waals surface area (Å²) in [6.07, 6.45) is 0.529. The molecule has 0 aromatic carbocycles. The Labute approximate surface area is 109 Å². The minimum atomic E-state index is -2.97. The molecule has 19 heavy (non-hydrogen) atoms. The number of rotatable bonds is 4. The molecule has 7 nitrogen and oxygen atoms in total. The summed E-state index contributed by atoms with van der Waals surface area (Å²) < 4.78 is 27.3. The number of nitrogens with one attached hydrogen (secondary N) is 1. The van der Waals surface area contributed by atoms with Gasteiger partial charge in [-0.05, 0) is 24.5 Å². The Morgan fingerprint density at radius 3 is 2.58 bits per heavy atom. The van der Waals surface area contributed by atoms with Crippen molar-refractivity contribution in [2.24, 2.45) is 5.92 Å². The van der Waals surface area contributed by atoms with E-state index in [1.807, 2.05) is 0 Å². The molecule has 2 rings (SSSR count). The lowest BCUT2D eigenvalue weighted by Gasteiger charge is -2.07. The number of carboxylic acids is 1. The van der Waals surface area contributed by atoms with Crippen molar-refractivity contribution in [3.8, 4) is 0 Å². The van der Waals surface area contributed by atoms with Crippen LogP contribution in [0.5, 0.6) is 0 Å². The molecule has 1 unspecified atom stereocenters. The van der Waals surface area contributed by atoms with Gasteiger partial charge in [-0.15, -0.1) is 0 Å². The number of furan rings is 1. The van der Waals surface area contributed by atoms with Crippen LogP contribution in [0.1, 0.15) is 27.5 Å². The molecule has 1 aromatic rings. The highest BCUT2D eigenvalue weighted by molar-refractivity contribution is 7.91. The van der Waals surface area contributed by atoms with E-state index in [0.29, 0.717) is 6.42 Å². The zero-order valence-electron chi connectivity index (χ0n) is 9.96. The number of carboxylic acid groups (broad SMARTS) is 1. The van der Waals surface area contributed by atoms with Crippen molar-refractivity contribution in [2.75, 3.05) is 18.1 Å². The van der Waals surface area contributed by atoms with Crippen LogP contribution in [0, 0.1) is 5.92 Å². The Kier molecular flexibility index (Phi) is 3.61. The van der Waals surface area contributed by atoms with Crippen LogP contribution >= 0.6 is 0 Å². The van der Waals surface area contributed by atoms with Gasteiger partial charge >= 0.3 is 5.97 Å². The van der Waals surface area contributed by atoms with E-state index in [0.717, 1.165) is 0 Å². The molecule has 0 aliphatic carbocycles. The molecular formula is C11H13NO6S. The number of aromatic carboxylic acids is 1. The van der Waals surface area contributed by atoms with Gasteiger partial charge in [-0.2, -0.15) is 0 Å². The summed E-state index contributed by atoms with van der Waals surface area (Å²) in [5.74, 6) is -2.07. The lowest BCUT2D eigenvalue weighted by atomic mass is 10.1. The SMILES string of the molecule is O=C(O)c1ccc(C(=O)NCC2CCS(=O)(=O)C2)o1. The highest BCUT2D eigenvalue weighted by Crippen LogP contribution is 2.17. The van der Waals surface area contributed by atoms with Gasteiger partial charge in [-0.1, -0.05) is 0 Å². The summed E-state index contributed by atoms with van der Waals surface area (Å²) in [5.41, 5.74) is 0. The van der Waals surface area contributed by atoms with Gasteiger partial charge in [0.15, 0.2) is 15.6 Å². The Hall–Kier alpha value is -1.83. The lowest BCUT2D eigenvalue weighted by molar-refractivity contribution is 0.0659. The molecule has 0 bridgehead atoms. The summed E-state index contributed by atoms with van der Waals surface area (Å²) in [7, 11) is -2.97. The first kappa shape index (κ1) is 13.6. The normalized spacial score (nSPS) is 21.2. The molecular weight excluding hydrogens is 274 g/mol. The zero-order valence-corrected chi connectivity index (χ0v) is 10.8. The average Bonchev–Trinajstić information content (AvgIpc) is 2.92. The van der Waals surface area contributed by atoms with Crippen LogP contribution < -0.4 is 5.32 Å². The Balaban J connectivity index is 1.89. The molecule has 1 aromatic heterocycles. The summed E-state index contributed by atoms with van der Waals surface area (Å²) in [5, 5.41) is 11.2. The predicted octanol–water partition coefficient (Wildman–Crippen LogP) is 0.142. The topological polar surface area (TPSA) is 114 Å². The molecule has 2 N–H and O–H groups in total. The molecule has 1 aliphatic rings. The Bertz CT molecular complexity index is 602. The highest BCUT2D eigenvalue weighted by Gasteiger charge is 2.28. The first-order chi connectivity index (χ1) is 8.87. The van der Waals surface area contributed by atoms with Crippen molar-refractivity contribution in [1.29, 1.82) is 0 Å². The maximum absolute atomic E-state index is 11.7. The van der Waals surface area contributed by atoms with Gasteiger partial charge in [0.1, 0.15) is 0 Å². The predicted molar refractivity (Wildman–Crippen MR) is 64.8 cm³/mol. The second kappa shape index (κ2) is 5.04. The lowest BCUT2D eigenvalue weighted by Crippen LogP contribution is -2.29. The molecule has 104 valence electrons. The molecule has 1 aliphatic heterocycles. The monoisotopic (exact) mass is 287 g/mol. The summed E-state index contributed by atoms with van der Waals surface area (Å²) >= 11 is 0. The highest BCUT2D eigenvalue weighted by atomic mass is 32.2. The molecule has 1 amide bonds. The van der Waals surface area contributed by atoms with E-state index in [1.54, 1.807) is 0 Å². The van der Waals surface area contributed by atoms with Gasteiger partial charge in [0, 0.05) is 6.54 Å². The Morgan fingerprint density at radius 1 is 1.37 bits per heavy atom. The third-order valence-electron chi connectivity index (χ3n) is 2.92. The van der Waals surface area contributed by atoms with Gasteiger partial charge in [0.2, 0.25) is 5.76 Å². The van der Waals surface area contributed by atoms with Crippen molar-refractivity contribution >= 4 is 21.7 Å². The Morgan fingerprint density at radius 2 is 2.05 bits per heavy atom. The largest absolute Gasteiger partial charge is 0.475 e. The van der Waals surface area contributed by atoms with Crippen LogP contribution in [0.3, 0.4) is 0 Å². The van der Waals surface area contributed by atoms with E-state index in [1.165, 1.54) is 12.1 Å². The fourth-order valence-corrected chi connectivity index (χ4v) is 3.79. The zero-order chi connectivity index (χ0) is 14.0. The molecule has 1 fully saturated rings. The van der Waals surface area contributed by atoms with E-state index in [2.05, 4.69) is 5.32 Å². The van der Waals surface area contributed by atoms with Crippen molar-refractivity contribution in [1.82, 2.24) is 5.32 Å². The number of carbonyl (C=O) groups is 2. The molecule has 0 radical (unpaired) electrons. The summed E-state index contributed by atoms with van der Waals surface area (Å²) in [6.45, 7) is 0.237. The van der Waals surface area contributed by atoms with Crippen molar-refractivity contribution in [3.63, 3.8) is 0 Å². The molecule has 0 saturated carbocycles. The van der Waals surface area contributed by atoms with Gasteiger partial charge in [-0.25, -0.2) is 13.2 Å². The first-order valence-corrected chi connectivity index (χ1v) is 7.51. The van der Waals surface area contributed by atoms with E-state index in [9.17, 15) is 18.0 Å². The van der Waals surface area contributed by atoms with Crippen molar-refractivity contribution in [3.05, 3.63) is 23.7 Å². The summed E-state index contributed by atoms with van der Waals surface area (Å²) in [4.78, 5) is 22.2. The van der Waals surface area contributed by atoms with Gasteiger partial charge in [0.05, 0.1) is 11.5 Å². The van der Waals surface area contributed by atoms with E-state index < -0.39 is 21.7 Å². The molecule has 1 saturated heterocycles. The van der Waals surface area contributed by atoms with Crippen LogP contribution in [-0.2, 0) is 9.84 Å². The minimum Gasteiger partial charge on any atom is -0.475 e. The summed E-state index contributed by atoms with van der Waals surface area (Å²) in [6, 6.07) is 2.46. The second-order valence-electron chi connectivity index (χ2n) is 4.45. The molecule has 8 heteroatoms. The van der Waals surface area contributed by atoms with Gasteiger partial charge in [0.25, 0.3) is 5.91 Å². The maximum Gasteiger partial charge on any atom is 0.371 e. The van der Waals surface area contributed by atoms with Crippen LogP contribution in [0.25, 0.3) is 0 Å². The molecule has 2 heterocycles. The number of hydrogen-bond acceptors (Lipinski definition) is 5. The number of hydrogen-bond donors (Lipinski definition) is 2. The number of sulfone groups is 1. The minimum absolute atomic E-state index is 0.0752. The van der Waals surface area contributed by atoms with Crippen molar-refractivity contribution < 1.29 is 27.5 Å². The smallest absolute Gasteiger partial charge is 0.371 e. The average molecular weight is 287 g/mol. The quantitative estimate of drug-likeness (QED) is 0.814. The fourth-order valence-electron chi connectivity index (χ4n) is 1.93. The first-order valence-electron chi connectivity index (χ1n) is 5.69.